The maximum absolute atomic E-state index is 12.3. The molecule has 0 aromatic carbocycles. The van der Waals surface area contributed by atoms with Crippen molar-refractivity contribution in [1.29, 1.82) is 0 Å². The molecule has 1 aromatic rings. The maximum atomic E-state index is 12.3. The molecule has 1 atom stereocenters. The van der Waals surface area contributed by atoms with Crippen LogP contribution in [-0.2, 0) is 6.18 Å². The third-order valence-corrected chi connectivity index (χ3v) is 2.68. The molecule has 0 spiro atoms. The van der Waals surface area contributed by atoms with Crippen molar-refractivity contribution >= 4 is 15.9 Å². The van der Waals surface area contributed by atoms with Crippen LogP contribution in [0, 0.1) is 0 Å². The Hall–Kier alpha value is -0.620. The van der Waals surface area contributed by atoms with Gasteiger partial charge in [-0.15, -0.1) is 0 Å². The first-order chi connectivity index (χ1) is 6.86. The first-order valence-electron chi connectivity index (χ1n) is 4.26. The van der Waals surface area contributed by atoms with Gasteiger partial charge in [0.1, 0.15) is 0 Å². The van der Waals surface area contributed by atoms with Gasteiger partial charge in [0.15, 0.2) is 0 Å². The summed E-state index contributed by atoms with van der Waals surface area (Å²) < 4.78 is 37.3. The van der Waals surface area contributed by atoms with Crippen LogP contribution in [0.5, 0.6) is 0 Å². The fourth-order valence-electron chi connectivity index (χ4n) is 1.06. The third kappa shape index (κ3) is 2.92. The van der Waals surface area contributed by atoms with Gasteiger partial charge in [-0.05, 0) is 36.0 Å². The predicted molar refractivity (Wildman–Crippen MR) is 54.4 cm³/mol. The first kappa shape index (κ1) is 12.4. The van der Waals surface area contributed by atoms with E-state index in [0.717, 1.165) is 12.3 Å². The molecule has 0 saturated carbocycles. The maximum Gasteiger partial charge on any atom is 0.417 e. The average Bonchev–Trinajstić information content (AvgIpc) is 2.15. The zero-order chi connectivity index (χ0) is 11.6. The van der Waals surface area contributed by atoms with Crippen LogP contribution in [-0.4, -0.2) is 12.0 Å². The van der Waals surface area contributed by atoms with E-state index in [0.29, 0.717) is 10.2 Å². The number of alkyl halides is 3. The first-order valence-corrected chi connectivity index (χ1v) is 5.05. The van der Waals surface area contributed by atoms with Crippen LogP contribution in [0.15, 0.2) is 16.7 Å². The second-order valence-corrected chi connectivity index (χ2v) is 3.95. The summed E-state index contributed by atoms with van der Waals surface area (Å²) in [5.41, 5.74) is -0.188. The molecule has 0 aliphatic heterocycles. The number of halogens is 4. The molecule has 15 heavy (non-hydrogen) atoms. The number of rotatable bonds is 2. The van der Waals surface area contributed by atoms with Crippen LogP contribution < -0.4 is 5.32 Å². The molecule has 2 nitrogen and oxygen atoms in total. The van der Waals surface area contributed by atoms with Gasteiger partial charge < -0.3 is 5.32 Å². The third-order valence-electron chi connectivity index (χ3n) is 2.04. The molecule has 6 heteroatoms. The van der Waals surface area contributed by atoms with Gasteiger partial charge in [0.2, 0.25) is 0 Å². The molecule has 0 aliphatic rings. The van der Waals surface area contributed by atoms with Crippen molar-refractivity contribution in [3.8, 4) is 0 Å². The average molecular weight is 283 g/mol. The number of pyridine rings is 1. The Labute approximate surface area is 94.0 Å². The SMILES string of the molecule is CNC(C)c1ncc(C(F)(F)F)cc1Br. The quantitative estimate of drug-likeness (QED) is 0.902. The Bertz CT molecular complexity index is 352. The zero-order valence-corrected chi connectivity index (χ0v) is 9.78. The van der Waals surface area contributed by atoms with Crippen molar-refractivity contribution in [1.82, 2.24) is 10.3 Å². The molecule has 1 rings (SSSR count). The molecule has 0 bridgehead atoms. The van der Waals surface area contributed by atoms with Crippen LogP contribution in [0.25, 0.3) is 0 Å². The second kappa shape index (κ2) is 4.49. The topological polar surface area (TPSA) is 24.9 Å². The lowest BCUT2D eigenvalue weighted by Crippen LogP contribution is -2.15. The standard InChI is InChI=1S/C9H10BrF3N2/c1-5(14-2)8-7(10)3-6(4-15-8)9(11,12)13/h3-5,14H,1-2H3. The van der Waals surface area contributed by atoms with E-state index in [1.54, 1.807) is 7.05 Å². The Morgan fingerprint density at radius 2 is 2.07 bits per heavy atom. The van der Waals surface area contributed by atoms with Gasteiger partial charge in [-0.1, -0.05) is 0 Å². The van der Waals surface area contributed by atoms with E-state index in [-0.39, 0.29) is 6.04 Å². The molecule has 0 amide bonds. The lowest BCUT2D eigenvalue weighted by molar-refractivity contribution is -0.137. The van der Waals surface area contributed by atoms with Gasteiger partial charge in [0.25, 0.3) is 0 Å². The molecule has 1 N–H and O–H groups in total. The van der Waals surface area contributed by atoms with E-state index in [1.807, 2.05) is 6.92 Å². The summed E-state index contributed by atoms with van der Waals surface area (Å²) in [5.74, 6) is 0. The van der Waals surface area contributed by atoms with Crippen molar-refractivity contribution in [3.63, 3.8) is 0 Å². The summed E-state index contributed by atoms with van der Waals surface area (Å²) in [6.07, 6.45) is -3.51. The minimum atomic E-state index is -4.35. The van der Waals surface area contributed by atoms with Crippen LogP contribution >= 0.6 is 15.9 Å². The van der Waals surface area contributed by atoms with E-state index in [1.165, 1.54) is 0 Å². The minimum absolute atomic E-state index is 0.0957. The van der Waals surface area contributed by atoms with Gasteiger partial charge in [0, 0.05) is 16.7 Å². The molecule has 0 aliphatic carbocycles. The van der Waals surface area contributed by atoms with E-state index < -0.39 is 11.7 Å². The largest absolute Gasteiger partial charge is 0.417 e. The summed E-state index contributed by atoms with van der Waals surface area (Å²) in [6, 6.07) is 0.942. The van der Waals surface area contributed by atoms with Gasteiger partial charge in [-0.2, -0.15) is 13.2 Å². The summed E-state index contributed by atoms with van der Waals surface area (Å²) in [7, 11) is 1.72. The fourth-order valence-corrected chi connectivity index (χ4v) is 1.75. The molecular weight excluding hydrogens is 273 g/mol. The molecule has 84 valence electrons. The highest BCUT2D eigenvalue weighted by Gasteiger charge is 2.31. The van der Waals surface area contributed by atoms with Crippen molar-refractivity contribution in [2.45, 2.75) is 19.1 Å². The second-order valence-electron chi connectivity index (χ2n) is 3.10. The van der Waals surface area contributed by atoms with Gasteiger partial charge >= 0.3 is 6.18 Å². The highest BCUT2D eigenvalue weighted by molar-refractivity contribution is 9.10. The molecule has 0 radical (unpaired) electrons. The van der Waals surface area contributed by atoms with Crippen LogP contribution in [0.2, 0.25) is 0 Å². The Morgan fingerprint density at radius 1 is 1.47 bits per heavy atom. The summed E-state index contributed by atoms with van der Waals surface area (Å²) >= 11 is 3.08. The molecule has 0 fully saturated rings. The Morgan fingerprint density at radius 3 is 2.47 bits per heavy atom. The predicted octanol–water partition coefficient (Wildman–Crippen LogP) is 3.14. The summed E-state index contributed by atoms with van der Waals surface area (Å²) in [6.45, 7) is 1.82. The molecule has 0 saturated heterocycles. The van der Waals surface area contributed by atoms with E-state index in [4.69, 9.17) is 0 Å². The van der Waals surface area contributed by atoms with Crippen molar-refractivity contribution in [2.75, 3.05) is 7.05 Å². The highest BCUT2D eigenvalue weighted by Crippen LogP contribution is 2.32. The Balaban J connectivity index is 3.09. The monoisotopic (exact) mass is 282 g/mol. The van der Waals surface area contributed by atoms with Crippen LogP contribution in [0.1, 0.15) is 24.2 Å². The van der Waals surface area contributed by atoms with Crippen LogP contribution in [0.4, 0.5) is 13.2 Å². The number of hydrogen-bond donors (Lipinski definition) is 1. The van der Waals surface area contributed by atoms with Gasteiger partial charge in [-0.3, -0.25) is 4.98 Å². The molecule has 1 aromatic heterocycles. The summed E-state index contributed by atoms with van der Waals surface area (Å²) in [5, 5.41) is 2.91. The summed E-state index contributed by atoms with van der Waals surface area (Å²) in [4.78, 5) is 3.79. The van der Waals surface area contributed by atoms with Crippen molar-refractivity contribution in [3.05, 3.63) is 28.0 Å². The van der Waals surface area contributed by atoms with Gasteiger partial charge in [-0.25, -0.2) is 0 Å². The van der Waals surface area contributed by atoms with E-state index in [9.17, 15) is 13.2 Å². The van der Waals surface area contributed by atoms with Crippen molar-refractivity contribution < 1.29 is 13.2 Å². The zero-order valence-electron chi connectivity index (χ0n) is 8.19. The molecule has 1 unspecified atom stereocenters. The fraction of sp³-hybridized carbons (Fsp3) is 0.444. The number of nitrogens with zero attached hydrogens (tertiary/aromatic N) is 1. The highest BCUT2D eigenvalue weighted by atomic mass is 79.9. The molecule has 1 heterocycles. The van der Waals surface area contributed by atoms with Crippen molar-refractivity contribution in [2.24, 2.45) is 0 Å². The normalized spacial score (nSPS) is 14.0. The Kier molecular flexibility index (Phi) is 3.72. The number of nitrogens with one attached hydrogen (secondary N) is 1. The molecular formula is C9H10BrF3N2. The smallest absolute Gasteiger partial charge is 0.312 e. The number of aromatic nitrogens is 1. The minimum Gasteiger partial charge on any atom is -0.312 e. The van der Waals surface area contributed by atoms with Gasteiger partial charge in [0.05, 0.1) is 11.3 Å². The number of hydrogen-bond acceptors (Lipinski definition) is 2. The lowest BCUT2D eigenvalue weighted by Gasteiger charge is -2.13. The van der Waals surface area contributed by atoms with Crippen LogP contribution in [0.3, 0.4) is 0 Å². The van der Waals surface area contributed by atoms with E-state index >= 15 is 0 Å². The lowest BCUT2D eigenvalue weighted by atomic mass is 10.2. The van der Waals surface area contributed by atoms with E-state index in [2.05, 4.69) is 26.2 Å².